The third-order valence-electron chi connectivity index (χ3n) is 4.03. The zero-order valence-corrected chi connectivity index (χ0v) is 11.8. The van der Waals surface area contributed by atoms with E-state index in [-0.39, 0.29) is 0 Å². The summed E-state index contributed by atoms with van der Waals surface area (Å²) < 4.78 is 4.97. The average molecular weight is 288 g/mol. The summed E-state index contributed by atoms with van der Waals surface area (Å²) in [4.78, 5) is 11.0. The summed E-state index contributed by atoms with van der Waals surface area (Å²) in [5, 5.41) is 9.56. The van der Waals surface area contributed by atoms with Crippen LogP contribution in [0.1, 0.15) is 25.7 Å². The fourth-order valence-corrected chi connectivity index (χ4v) is 2.77. The van der Waals surface area contributed by atoms with Crippen molar-refractivity contribution in [3.8, 4) is 11.5 Å². The zero-order valence-electron chi connectivity index (χ0n) is 11.8. The molecule has 0 bridgehead atoms. The Balaban J connectivity index is 1.62. The van der Waals surface area contributed by atoms with Crippen LogP contribution in [0.5, 0.6) is 0 Å². The van der Waals surface area contributed by atoms with Gasteiger partial charge in [-0.3, -0.25) is 0 Å². The van der Waals surface area contributed by atoms with Gasteiger partial charge in [0.2, 0.25) is 5.89 Å². The highest BCUT2D eigenvalue weighted by atomic mass is 16.4. The average Bonchev–Trinajstić information content (AvgIpc) is 2.94. The van der Waals surface area contributed by atoms with Crippen LogP contribution >= 0.6 is 0 Å². The van der Waals surface area contributed by atoms with E-state index < -0.39 is 5.76 Å². The molecule has 0 aliphatic heterocycles. The van der Waals surface area contributed by atoms with Crippen LogP contribution in [0, 0.1) is 5.92 Å². The van der Waals surface area contributed by atoms with Crippen LogP contribution in [0.3, 0.4) is 0 Å². The van der Waals surface area contributed by atoms with Crippen molar-refractivity contribution in [3.63, 3.8) is 0 Å². The second kappa shape index (κ2) is 6.13. The van der Waals surface area contributed by atoms with Crippen LogP contribution in [-0.4, -0.2) is 22.8 Å². The number of nitrogens with one attached hydrogen (secondary N) is 2. The van der Waals surface area contributed by atoms with Gasteiger partial charge in [0.1, 0.15) is 0 Å². The van der Waals surface area contributed by atoms with E-state index in [0.717, 1.165) is 30.6 Å². The molecule has 1 aliphatic carbocycles. The molecule has 21 heavy (non-hydrogen) atoms. The molecule has 6 nitrogen and oxygen atoms in total. The third-order valence-corrected chi connectivity index (χ3v) is 4.03. The number of aromatic nitrogens is 2. The minimum absolute atomic E-state index is 0.312. The summed E-state index contributed by atoms with van der Waals surface area (Å²) in [6, 6.07) is 8.11. The molecule has 0 radical (unpaired) electrons. The Hall–Kier alpha value is -2.08. The Kier molecular flexibility index (Phi) is 4.06. The molecule has 2 aromatic rings. The number of nitrogens with zero attached hydrogens (tertiary/aromatic N) is 1. The predicted molar refractivity (Wildman–Crippen MR) is 81.0 cm³/mol. The molecule has 6 heteroatoms. The summed E-state index contributed by atoms with van der Waals surface area (Å²) in [7, 11) is 0. The number of benzene rings is 1. The lowest BCUT2D eigenvalue weighted by molar-refractivity contribution is 0.339. The Bertz CT molecular complexity index is 641. The SMILES string of the molecule is NC1CCC(CNc2cccc(-c3n[nH]c(=O)o3)c2)CC1. The van der Waals surface area contributed by atoms with Crippen molar-refractivity contribution in [1.82, 2.24) is 10.2 Å². The van der Waals surface area contributed by atoms with Crippen LogP contribution in [-0.2, 0) is 0 Å². The van der Waals surface area contributed by atoms with E-state index in [4.69, 9.17) is 10.2 Å². The second-order valence-electron chi connectivity index (χ2n) is 5.66. The minimum atomic E-state index is -0.540. The van der Waals surface area contributed by atoms with E-state index in [1.807, 2.05) is 24.3 Å². The normalized spacial score (nSPS) is 22.1. The summed E-state index contributed by atoms with van der Waals surface area (Å²) in [6.07, 6.45) is 4.60. The summed E-state index contributed by atoms with van der Waals surface area (Å²) in [5.41, 5.74) is 7.71. The van der Waals surface area contributed by atoms with Crippen LogP contribution in [0.25, 0.3) is 11.5 Å². The number of aromatic amines is 1. The second-order valence-corrected chi connectivity index (χ2v) is 5.66. The summed E-state index contributed by atoms with van der Waals surface area (Å²) in [5.74, 6) is 0.450. The Morgan fingerprint density at radius 1 is 1.33 bits per heavy atom. The van der Waals surface area contributed by atoms with E-state index in [2.05, 4.69) is 15.5 Å². The fourth-order valence-electron chi connectivity index (χ4n) is 2.77. The Morgan fingerprint density at radius 3 is 2.86 bits per heavy atom. The topological polar surface area (TPSA) is 96.9 Å². The first-order valence-electron chi connectivity index (χ1n) is 7.36. The molecule has 0 atom stereocenters. The van der Waals surface area contributed by atoms with E-state index in [1.165, 1.54) is 12.8 Å². The Morgan fingerprint density at radius 2 is 2.14 bits per heavy atom. The van der Waals surface area contributed by atoms with Gasteiger partial charge in [0.25, 0.3) is 0 Å². The van der Waals surface area contributed by atoms with Crippen LogP contribution in [0.15, 0.2) is 33.5 Å². The molecule has 1 saturated carbocycles. The fraction of sp³-hybridized carbons (Fsp3) is 0.467. The van der Waals surface area contributed by atoms with Crippen LogP contribution < -0.4 is 16.8 Å². The molecule has 0 unspecified atom stereocenters. The quantitative estimate of drug-likeness (QED) is 0.799. The van der Waals surface area contributed by atoms with Crippen LogP contribution in [0.2, 0.25) is 0 Å². The molecule has 1 aromatic heterocycles. The smallest absolute Gasteiger partial charge is 0.388 e. The minimum Gasteiger partial charge on any atom is -0.388 e. The maximum atomic E-state index is 11.0. The first-order valence-corrected chi connectivity index (χ1v) is 7.36. The largest absolute Gasteiger partial charge is 0.434 e. The standard InChI is InChI=1S/C15H20N4O2/c16-12-6-4-10(5-7-12)9-17-13-3-1-2-11(8-13)14-18-19-15(20)21-14/h1-3,8,10,12,17H,4-7,9,16H2,(H,19,20). The third kappa shape index (κ3) is 3.52. The van der Waals surface area contributed by atoms with E-state index in [9.17, 15) is 4.79 Å². The van der Waals surface area contributed by atoms with Gasteiger partial charge in [0, 0.05) is 23.8 Å². The van der Waals surface area contributed by atoms with Gasteiger partial charge in [-0.1, -0.05) is 6.07 Å². The van der Waals surface area contributed by atoms with Crippen molar-refractivity contribution < 1.29 is 4.42 Å². The summed E-state index contributed by atoms with van der Waals surface area (Å²) in [6.45, 7) is 0.945. The van der Waals surface area contributed by atoms with Crippen molar-refractivity contribution in [2.24, 2.45) is 11.7 Å². The van der Waals surface area contributed by atoms with E-state index in [1.54, 1.807) is 0 Å². The van der Waals surface area contributed by atoms with Crippen molar-refractivity contribution in [3.05, 3.63) is 34.8 Å². The molecule has 112 valence electrons. The van der Waals surface area contributed by atoms with Gasteiger partial charge in [-0.25, -0.2) is 9.89 Å². The number of nitrogens with two attached hydrogens (primary N) is 1. The number of anilines is 1. The van der Waals surface area contributed by atoms with Gasteiger partial charge in [-0.05, 0) is 49.8 Å². The molecule has 0 spiro atoms. The maximum Gasteiger partial charge on any atom is 0.434 e. The molecule has 1 heterocycles. The molecule has 0 amide bonds. The predicted octanol–water partition coefficient (Wildman–Crippen LogP) is 1.96. The zero-order chi connectivity index (χ0) is 14.7. The molecule has 4 N–H and O–H groups in total. The number of hydrogen-bond acceptors (Lipinski definition) is 5. The monoisotopic (exact) mass is 288 g/mol. The Labute approximate surface area is 122 Å². The highest BCUT2D eigenvalue weighted by molar-refractivity contribution is 5.60. The van der Waals surface area contributed by atoms with Crippen molar-refractivity contribution in [2.45, 2.75) is 31.7 Å². The van der Waals surface area contributed by atoms with Gasteiger partial charge < -0.3 is 15.5 Å². The van der Waals surface area contributed by atoms with Gasteiger partial charge in [-0.2, -0.15) is 0 Å². The molecule has 1 aliphatic rings. The first kappa shape index (κ1) is 13.9. The molecule has 1 aromatic carbocycles. The van der Waals surface area contributed by atoms with E-state index >= 15 is 0 Å². The molecule has 1 fully saturated rings. The van der Waals surface area contributed by atoms with Gasteiger partial charge in [0.15, 0.2) is 0 Å². The van der Waals surface area contributed by atoms with Crippen molar-refractivity contribution >= 4 is 5.69 Å². The van der Waals surface area contributed by atoms with Crippen LogP contribution in [0.4, 0.5) is 5.69 Å². The number of hydrogen-bond donors (Lipinski definition) is 3. The lowest BCUT2D eigenvalue weighted by Crippen LogP contribution is -2.29. The lowest BCUT2D eigenvalue weighted by atomic mass is 9.86. The molecule has 3 rings (SSSR count). The lowest BCUT2D eigenvalue weighted by Gasteiger charge is -2.26. The van der Waals surface area contributed by atoms with Gasteiger partial charge >= 0.3 is 5.76 Å². The number of H-pyrrole nitrogens is 1. The molecular formula is C15H20N4O2. The van der Waals surface area contributed by atoms with Gasteiger partial charge in [0.05, 0.1) is 0 Å². The number of rotatable bonds is 4. The molecule has 0 saturated heterocycles. The highest BCUT2D eigenvalue weighted by Crippen LogP contribution is 2.24. The van der Waals surface area contributed by atoms with Crippen molar-refractivity contribution in [2.75, 3.05) is 11.9 Å². The van der Waals surface area contributed by atoms with Gasteiger partial charge in [-0.15, -0.1) is 5.10 Å². The first-order chi connectivity index (χ1) is 10.2. The highest BCUT2D eigenvalue weighted by Gasteiger charge is 2.18. The van der Waals surface area contributed by atoms with Crippen molar-refractivity contribution in [1.29, 1.82) is 0 Å². The molecular weight excluding hydrogens is 268 g/mol. The van der Waals surface area contributed by atoms with E-state index in [0.29, 0.717) is 17.9 Å². The maximum absolute atomic E-state index is 11.0. The summed E-state index contributed by atoms with van der Waals surface area (Å²) >= 11 is 0.